The van der Waals surface area contributed by atoms with Crippen LogP contribution in [0.2, 0.25) is 0 Å². The first-order chi connectivity index (χ1) is 9.55. The van der Waals surface area contributed by atoms with Crippen LogP contribution >= 0.6 is 0 Å². The molecule has 0 saturated carbocycles. The zero-order valence-electron chi connectivity index (χ0n) is 13.9. The summed E-state index contributed by atoms with van der Waals surface area (Å²) in [5.41, 5.74) is -0.688. The number of anilines is 1. The molecule has 1 aromatic heterocycles. The van der Waals surface area contributed by atoms with Crippen LogP contribution in [0.25, 0.3) is 0 Å². The van der Waals surface area contributed by atoms with Gasteiger partial charge in [0.2, 0.25) is 5.95 Å². The average molecular weight is 293 g/mol. The van der Waals surface area contributed by atoms with Gasteiger partial charge < -0.3 is 14.6 Å². The van der Waals surface area contributed by atoms with Gasteiger partial charge in [0.05, 0.1) is 16.7 Å². The second kappa shape index (κ2) is 5.14. The first-order valence-electron chi connectivity index (χ1n) is 7.23. The van der Waals surface area contributed by atoms with E-state index < -0.39 is 18.3 Å². The molecule has 116 valence electrons. The van der Waals surface area contributed by atoms with Gasteiger partial charge in [0, 0.05) is 19.3 Å². The predicted molar refractivity (Wildman–Crippen MR) is 84.0 cm³/mol. The van der Waals surface area contributed by atoms with Crippen LogP contribution in [0.5, 0.6) is 0 Å². The summed E-state index contributed by atoms with van der Waals surface area (Å²) in [4.78, 5) is 16.8. The number of rotatable bonds is 3. The number of nitrogens with zero attached hydrogens (tertiary/aromatic N) is 2. The standard InChI is InChI=1S/C14H24BN3O3/c1-9(2)17-12-16-8-10(11(19)18(12)7)15-20-13(3,4)14(5,6)21-15/h8-9H,1-7H3,(H,16,17). The highest BCUT2D eigenvalue weighted by atomic mass is 16.7. The lowest BCUT2D eigenvalue weighted by Gasteiger charge is -2.32. The molecular formula is C14H24BN3O3. The largest absolute Gasteiger partial charge is 0.502 e. The third kappa shape index (κ3) is 2.85. The van der Waals surface area contributed by atoms with E-state index in [0.29, 0.717) is 11.4 Å². The highest BCUT2D eigenvalue weighted by Crippen LogP contribution is 2.36. The molecule has 1 aliphatic heterocycles. The van der Waals surface area contributed by atoms with Crippen LogP contribution in [0.3, 0.4) is 0 Å². The van der Waals surface area contributed by atoms with E-state index in [9.17, 15) is 4.79 Å². The lowest BCUT2D eigenvalue weighted by atomic mass is 9.81. The number of hydrogen-bond donors (Lipinski definition) is 1. The first-order valence-corrected chi connectivity index (χ1v) is 7.23. The third-order valence-electron chi connectivity index (χ3n) is 4.12. The monoisotopic (exact) mass is 293 g/mol. The fraction of sp³-hybridized carbons (Fsp3) is 0.714. The molecular weight excluding hydrogens is 269 g/mol. The van der Waals surface area contributed by atoms with Crippen LogP contribution in [-0.2, 0) is 16.4 Å². The van der Waals surface area contributed by atoms with Crippen molar-refractivity contribution in [3.63, 3.8) is 0 Å². The molecule has 1 aliphatic rings. The van der Waals surface area contributed by atoms with Crippen LogP contribution in [0, 0.1) is 0 Å². The molecule has 6 nitrogen and oxygen atoms in total. The van der Waals surface area contributed by atoms with Crippen molar-refractivity contribution in [1.29, 1.82) is 0 Å². The van der Waals surface area contributed by atoms with Gasteiger partial charge in [0.1, 0.15) is 0 Å². The highest BCUT2D eigenvalue weighted by molar-refractivity contribution is 6.61. The van der Waals surface area contributed by atoms with Gasteiger partial charge in [-0.15, -0.1) is 0 Å². The Bertz CT molecular complexity index is 580. The number of nitrogens with one attached hydrogen (secondary N) is 1. The second-order valence-electron chi connectivity index (χ2n) is 6.79. The van der Waals surface area contributed by atoms with Gasteiger partial charge in [-0.2, -0.15) is 0 Å². The van der Waals surface area contributed by atoms with Gasteiger partial charge in [-0.1, -0.05) is 0 Å². The minimum absolute atomic E-state index is 0.161. The molecule has 0 unspecified atom stereocenters. The normalized spacial score (nSPS) is 20.1. The molecule has 1 N–H and O–H groups in total. The van der Waals surface area contributed by atoms with E-state index in [4.69, 9.17) is 9.31 Å². The lowest BCUT2D eigenvalue weighted by molar-refractivity contribution is 0.00578. The van der Waals surface area contributed by atoms with Crippen LogP contribution in [-0.4, -0.2) is 33.9 Å². The van der Waals surface area contributed by atoms with E-state index in [1.807, 2.05) is 41.5 Å². The van der Waals surface area contributed by atoms with Gasteiger partial charge in [-0.3, -0.25) is 9.36 Å². The van der Waals surface area contributed by atoms with Crippen molar-refractivity contribution < 1.29 is 9.31 Å². The maximum absolute atomic E-state index is 12.5. The summed E-state index contributed by atoms with van der Waals surface area (Å²) < 4.78 is 13.3. The molecule has 2 rings (SSSR count). The van der Waals surface area contributed by atoms with Gasteiger partial charge >= 0.3 is 7.12 Å². The molecule has 1 saturated heterocycles. The molecule has 7 heteroatoms. The van der Waals surface area contributed by atoms with E-state index in [-0.39, 0.29) is 11.6 Å². The Kier molecular flexibility index (Phi) is 3.93. The summed E-state index contributed by atoms with van der Waals surface area (Å²) in [6.45, 7) is 11.8. The average Bonchev–Trinajstić information content (AvgIpc) is 2.54. The third-order valence-corrected chi connectivity index (χ3v) is 4.12. The van der Waals surface area contributed by atoms with Crippen molar-refractivity contribution in [3.05, 3.63) is 16.6 Å². The highest BCUT2D eigenvalue weighted by Gasteiger charge is 2.52. The fourth-order valence-corrected chi connectivity index (χ4v) is 2.09. The predicted octanol–water partition coefficient (Wildman–Crippen LogP) is 0.900. The fourth-order valence-electron chi connectivity index (χ4n) is 2.09. The van der Waals surface area contributed by atoms with Crippen molar-refractivity contribution in [2.45, 2.75) is 58.8 Å². The molecule has 0 radical (unpaired) electrons. The molecule has 0 amide bonds. The topological polar surface area (TPSA) is 65.4 Å². The first kappa shape index (κ1) is 16.0. The van der Waals surface area contributed by atoms with E-state index in [1.165, 1.54) is 10.8 Å². The zero-order chi connectivity index (χ0) is 16.0. The Labute approximate surface area is 126 Å². The summed E-state index contributed by atoms with van der Waals surface area (Å²) in [5.74, 6) is 0.537. The summed E-state index contributed by atoms with van der Waals surface area (Å²) >= 11 is 0. The van der Waals surface area contributed by atoms with E-state index >= 15 is 0 Å². The van der Waals surface area contributed by atoms with Gasteiger partial charge in [0.25, 0.3) is 5.56 Å². The molecule has 0 aliphatic carbocycles. The summed E-state index contributed by atoms with van der Waals surface area (Å²) in [7, 11) is 1.00. The molecule has 2 heterocycles. The SMILES string of the molecule is CC(C)Nc1ncc(B2OC(C)(C)C(C)(C)O2)c(=O)n1C. The Hall–Kier alpha value is -1.34. The van der Waals surface area contributed by atoms with Crippen LogP contribution in [0.4, 0.5) is 5.95 Å². The smallest absolute Gasteiger partial charge is 0.399 e. The van der Waals surface area contributed by atoms with Gasteiger partial charge in [-0.25, -0.2) is 4.98 Å². The zero-order valence-corrected chi connectivity index (χ0v) is 13.9. The summed E-state index contributed by atoms with van der Waals surface area (Å²) in [6, 6.07) is 0.200. The maximum atomic E-state index is 12.5. The van der Waals surface area contributed by atoms with E-state index in [2.05, 4.69) is 10.3 Å². The van der Waals surface area contributed by atoms with Crippen molar-refractivity contribution in [1.82, 2.24) is 9.55 Å². The van der Waals surface area contributed by atoms with Crippen molar-refractivity contribution in [2.75, 3.05) is 5.32 Å². The number of hydrogen-bond acceptors (Lipinski definition) is 5. The summed E-state index contributed by atoms with van der Waals surface area (Å²) in [5, 5.41) is 3.13. The van der Waals surface area contributed by atoms with Crippen molar-refractivity contribution in [3.8, 4) is 0 Å². The quantitative estimate of drug-likeness (QED) is 0.839. The number of aromatic nitrogens is 2. The Morgan fingerprint density at radius 2 is 1.76 bits per heavy atom. The van der Waals surface area contributed by atoms with Crippen LogP contribution in [0.15, 0.2) is 11.0 Å². The summed E-state index contributed by atoms with van der Waals surface area (Å²) in [6.07, 6.45) is 1.54. The second-order valence-corrected chi connectivity index (χ2v) is 6.79. The lowest BCUT2D eigenvalue weighted by Crippen LogP contribution is -2.48. The van der Waals surface area contributed by atoms with Crippen LogP contribution in [0.1, 0.15) is 41.5 Å². The van der Waals surface area contributed by atoms with Gasteiger partial charge in [0.15, 0.2) is 0 Å². The maximum Gasteiger partial charge on any atom is 0.502 e. The van der Waals surface area contributed by atoms with E-state index in [1.54, 1.807) is 7.05 Å². The van der Waals surface area contributed by atoms with Crippen LogP contribution < -0.4 is 16.3 Å². The molecule has 0 atom stereocenters. The molecule has 0 aromatic carbocycles. The Morgan fingerprint density at radius 3 is 2.24 bits per heavy atom. The van der Waals surface area contributed by atoms with Crippen molar-refractivity contribution in [2.24, 2.45) is 7.05 Å². The minimum atomic E-state index is -0.686. The molecule has 0 bridgehead atoms. The molecule has 1 aromatic rings. The Morgan fingerprint density at radius 1 is 1.24 bits per heavy atom. The molecule has 0 spiro atoms. The minimum Gasteiger partial charge on any atom is -0.399 e. The van der Waals surface area contributed by atoms with Gasteiger partial charge in [-0.05, 0) is 41.5 Å². The Balaban J connectivity index is 2.35. The molecule has 1 fully saturated rings. The molecule has 21 heavy (non-hydrogen) atoms. The van der Waals surface area contributed by atoms with E-state index in [0.717, 1.165) is 0 Å². The van der Waals surface area contributed by atoms with Crippen molar-refractivity contribution >= 4 is 18.5 Å².